The summed E-state index contributed by atoms with van der Waals surface area (Å²) < 4.78 is 19.1. The monoisotopic (exact) mass is 316 g/mol. The highest BCUT2D eigenvalue weighted by Gasteiger charge is 2.04. The van der Waals surface area contributed by atoms with Crippen LogP contribution < -0.4 is 10.5 Å². The molecule has 2 rings (SSSR count). The summed E-state index contributed by atoms with van der Waals surface area (Å²) in [7, 11) is 0. The van der Waals surface area contributed by atoms with E-state index >= 15 is 0 Å². The van der Waals surface area contributed by atoms with Gasteiger partial charge in [-0.05, 0) is 28.1 Å². The van der Waals surface area contributed by atoms with Crippen molar-refractivity contribution in [3.63, 3.8) is 0 Å². The molecule has 2 aromatic rings. The summed E-state index contributed by atoms with van der Waals surface area (Å²) in [6, 6.07) is 4.64. The molecule has 0 aliphatic rings. The van der Waals surface area contributed by atoms with E-state index in [1.54, 1.807) is 12.1 Å². The minimum atomic E-state index is -0.344. The maximum absolute atomic E-state index is 13.2. The molecule has 0 fully saturated rings. The van der Waals surface area contributed by atoms with Crippen molar-refractivity contribution in [2.45, 2.75) is 13.2 Å². The van der Waals surface area contributed by atoms with Crippen LogP contribution in [0.25, 0.3) is 0 Å². The molecule has 1 heterocycles. The summed E-state index contributed by atoms with van der Waals surface area (Å²) in [6.07, 6.45) is 0. The third-order valence-electron chi connectivity index (χ3n) is 2.05. The first-order valence-electron chi connectivity index (χ1n) is 4.90. The third kappa shape index (κ3) is 3.24. The lowest BCUT2D eigenvalue weighted by Gasteiger charge is -2.04. The molecule has 1 aromatic heterocycles. The highest BCUT2D eigenvalue weighted by Crippen LogP contribution is 2.21. The van der Waals surface area contributed by atoms with Crippen molar-refractivity contribution < 1.29 is 9.13 Å². The molecule has 0 atom stereocenters. The van der Waals surface area contributed by atoms with Gasteiger partial charge >= 0.3 is 0 Å². The number of benzene rings is 1. The fraction of sp³-hybridized carbons (Fsp3) is 0.182. The molecule has 6 heteroatoms. The number of hydrogen-bond donors (Lipinski definition) is 1. The molecule has 3 nitrogen and oxygen atoms in total. The number of halogens is 2. The van der Waals surface area contributed by atoms with Crippen LogP contribution in [0.1, 0.15) is 10.7 Å². The average Bonchev–Trinajstić information content (AvgIpc) is 2.79. The van der Waals surface area contributed by atoms with Crippen molar-refractivity contribution in [1.82, 2.24) is 4.98 Å². The smallest absolute Gasteiger partial charge is 0.141 e. The molecular weight excluding hydrogens is 307 g/mol. The molecule has 0 spiro atoms. The quantitative estimate of drug-likeness (QED) is 0.943. The van der Waals surface area contributed by atoms with E-state index in [1.807, 2.05) is 5.38 Å². The van der Waals surface area contributed by atoms with Gasteiger partial charge in [-0.2, -0.15) is 0 Å². The Bertz CT molecular complexity index is 518. The van der Waals surface area contributed by atoms with Crippen LogP contribution in [0.5, 0.6) is 5.75 Å². The normalized spacial score (nSPS) is 10.5. The first-order chi connectivity index (χ1) is 8.19. The molecular formula is C11H10BrFN2OS. The predicted molar refractivity (Wildman–Crippen MR) is 68.4 cm³/mol. The molecule has 1 aromatic carbocycles. The van der Waals surface area contributed by atoms with E-state index in [0.717, 1.165) is 10.7 Å². The molecule has 0 aliphatic carbocycles. The van der Waals surface area contributed by atoms with E-state index in [1.165, 1.54) is 17.4 Å². The van der Waals surface area contributed by atoms with Crippen molar-refractivity contribution in [3.05, 3.63) is 44.6 Å². The lowest BCUT2D eigenvalue weighted by atomic mass is 10.3. The van der Waals surface area contributed by atoms with Crippen LogP contribution in [-0.2, 0) is 13.2 Å². The van der Waals surface area contributed by atoms with Gasteiger partial charge in [0, 0.05) is 18.0 Å². The minimum absolute atomic E-state index is 0.317. The zero-order valence-corrected chi connectivity index (χ0v) is 11.2. The van der Waals surface area contributed by atoms with Crippen molar-refractivity contribution in [2.75, 3.05) is 0 Å². The lowest BCUT2D eigenvalue weighted by molar-refractivity contribution is 0.300. The zero-order chi connectivity index (χ0) is 12.3. The van der Waals surface area contributed by atoms with Crippen molar-refractivity contribution in [3.8, 4) is 5.75 Å². The Balaban J connectivity index is 1.99. The second kappa shape index (κ2) is 5.57. The van der Waals surface area contributed by atoms with E-state index in [2.05, 4.69) is 20.9 Å². The van der Waals surface area contributed by atoms with Crippen molar-refractivity contribution >= 4 is 27.3 Å². The summed E-state index contributed by atoms with van der Waals surface area (Å²) >= 11 is 4.58. The molecule has 2 N–H and O–H groups in total. The Hall–Kier alpha value is -0.980. The van der Waals surface area contributed by atoms with Gasteiger partial charge in [0.15, 0.2) is 0 Å². The van der Waals surface area contributed by atoms with Crippen LogP contribution in [0.15, 0.2) is 28.1 Å². The summed E-state index contributed by atoms with van der Waals surface area (Å²) in [4.78, 5) is 4.25. The van der Waals surface area contributed by atoms with Gasteiger partial charge in [-0.1, -0.05) is 0 Å². The zero-order valence-electron chi connectivity index (χ0n) is 8.82. The van der Waals surface area contributed by atoms with Gasteiger partial charge in [0.25, 0.3) is 0 Å². The number of rotatable bonds is 4. The summed E-state index contributed by atoms with van der Waals surface area (Å²) in [5.41, 5.74) is 6.26. The molecule has 0 saturated heterocycles. The molecule has 0 aliphatic heterocycles. The number of nitrogens with zero attached hydrogens (tertiary/aromatic N) is 1. The van der Waals surface area contributed by atoms with Crippen LogP contribution in [0.3, 0.4) is 0 Å². The Kier molecular flexibility index (Phi) is 4.09. The van der Waals surface area contributed by atoms with Gasteiger partial charge < -0.3 is 10.5 Å². The van der Waals surface area contributed by atoms with Gasteiger partial charge in [-0.25, -0.2) is 9.37 Å². The molecule has 17 heavy (non-hydrogen) atoms. The van der Waals surface area contributed by atoms with E-state index < -0.39 is 0 Å². The van der Waals surface area contributed by atoms with Gasteiger partial charge in [-0.15, -0.1) is 11.3 Å². The number of hydrogen-bond acceptors (Lipinski definition) is 4. The van der Waals surface area contributed by atoms with Gasteiger partial charge in [0.1, 0.15) is 23.2 Å². The first-order valence-corrected chi connectivity index (χ1v) is 6.57. The van der Waals surface area contributed by atoms with E-state index in [-0.39, 0.29) is 5.82 Å². The summed E-state index contributed by atoms with van der Waals surface area (Å²) in [5, 5.41) is 2.75. The van der Waals surface area contributed by atoms with Crippen LogP contribution in [0, 0.1) is 5.82 Å². The molecule has 0 unspecified atom stereocenters. The molecule has 0 radical (unpaired) electrons. The second-order valence-corrected chi connectivity index (χ2v) is 5.10. The average molecular weight is 317 g/mol. The predicted octanol–water partition coefficient (Wildman–Crippen LogP) is 3.08. The van der Waals surface area contributed by atoms with Crippen molar-refractivity contribution in [1.29, 1.82) is 0 Å². The van der Waals surface area contributed by atoms with Crippen LogP contribution in [-0.4, -0.2) is 4.98 Å². The molecule has 0 saturated carbocycles. The maximum Gasteiger partial charge on any atom is 0.141 e. The van der Waals surface area contributed by atoms with E-state index in [9.17, 15) is 4.39 Å². The highest BCUT2D eigenvalue weighted by atomic mass is 79.9. The number of thiazole rings is 1. The Morgan fingerprint density at radius 2 is 2.29 bits per heavy atom. The fourth-order valence-corrected chi connectivity index (χ4v) is 2.14. The highest BCUT2D eigenvalue weighted by molar-refractivity contribution is 9.10. The van der Waals surface area contributed by atoms with E-state index in [4.69, 9.17) is 10.5 Å². The lowest BCUT2D eigenvalue weighted by Crippen LogP contribution is -1.99. The largest absolute Gasteiger partial charge is 0.487 e. The molecule has 0 bridgehead atoms. The van der Waals surface area contributed by atoms with Gasteiger partial charge in [0.05, 0.1) is 10.2 Å². The standard InChI is InChI=1S/C11H10BrFN2OS/c12-9-2-1-8(3-10(9)13)16-5-7-6-17-11(4-14)15-7/h1-3,6H,4-5,14H2. The number of ether oxygens (including phenoxy) is 1. The SMILES string of the molecule is NCc1nc(COc2ccc(Br)c(F)c2)cs1. The fourth-order valence-electron chi connectivity index (χ4n) is 1.23. The Morgan fingerprint density at radius 3 is 2.94 bits per heavy atom. The summed E-state index contributed by atoms with van der Waals surface area (Å²) in [5.74, 6) is 0.136. The van der Waals surface area contributed by atoms with Crippen LogP contribution in [0.4, 0.5) is 4.39 Å². The van der Waals surface area contributed by atoms with Crippen LogP contribution in [0.2, 0.25) is 0 Å². The maximum atomic E-state index is 13.2. The molecule has 90 valence electrons. The second-order valence-electron chi connectivity index (χ2n) is 3.30. The first kappa shape index (κ1) is 12.5. The Morgan fingerprint density at radius 1 is 1.47 bits per heavy atom. The Labute approximate surface area is 111 Å². The minimum Gasteiger partial charge on any atom is -0.487 e. The van der Waals surface area contributed by atoms with Gasteiger partial charge in [-0.3, -0.25) is 0 Å². The number of aromatic nitrogens is 1. The van der Waals surface area contributed by atoms with Gasteiger partial charge in [0.2, 0.25) is 0 Å². The molecule has 0 amide bonds. The van der Waals surface area contributed by atoms with Crippen LogP contribution >= 0.6 is 27.3 Å². The van der Waals surface area contributed by atoms with E-state index in [0.29, 0.717) is 23.4 Å². The third-order valence-corrected chi connectivity index (χ3v) is 3.61. The van der Waals surface area contributed by atoms with Crippen molar-refractivity contribution in [2.24, 2.45) is 5.73 Å². The topological polar surface area (TPSA) is 48.1 Å². The summed E-state index contributed by atoms with van der Waals surface area (Å²) in [6.45, 7) is 0.745. The number of nitrogens with two attached hydrogens (primary N) is 1.